The second-order valence-corrected chi connectivity index (χ2v) is 18.4. The number of alkyl halides is 1. The van der Waals surface area contributed by atoms with E-state index in [1.54, 1.807) is 17.0 Å². The van der Waals surface area contributed by atoms with Crippen molar-refractivity contribution in [1.29, 1.82) is 0 Å². The van der Waals surface area contributed by atoms with Crippen LogP contribution in [0.1, 0.15) is 86.8 Å². The van der Waals surface area contributed by atoms with E-state index in [-0.39, 0.29) is 69.6 Å². The fourth-order valence-electron chi connectivity index (χ4n) is 10.7. The Labute approximate surface area is 404 Å². The zero-order valence-corrected chi connectivity index (χ0v) is 39.4. The van der Waals surface area contributed by atoms with Gasteiger partial charge in [-0.3, -0.25) is 4.90 Å². The molecule has 4 aromatic rings. The first-order chi connectivity index (χ1) is 33.4. The average molecular weight is 951 g/mol. The number of ether oxygens (including phenoxy) is 5. The Morgan fingerprint density at radius 1 is 0.956 bits per heavy atom. The lowest BCUT2D eigenvalue weighted by Crippen LogP contribution is -2.70. The highest BCUT2D eigenvalue weighted by Gasteiger charge is 2.66. The number of carbonyl (C=O) groups is 2. The fourth-order valence-corrected chi connectivity index (χ4v) is 10.7. The Bertz CT molecular complexity index is 2390. The van der Waals surface area contributed by atoms with Crippen LogP contribution < -0.4 is 14.8 Å². The van der Waals surface area contributed by atoms with Gasteiger partial charge in [0, 0.05) is 44.1 Å². The molecule has 14 heteroatoms. The van der Waals surface area contributed by atoms with Gasteiger partial charge in [-0.15, -0.1) is 18.2 Å². The van der Waals surface area contributed by atoms with Crippen LogP contribution in [0.15, 0.2) is 120 Å². The minimum absolute atomic E-state index is 0.00792. The highest BCUT2D eigenvalue weighted by atomic mass is 35.5. The van der Waals surface area contributed by atoms with Crippen molar-refractivity contribution in [2.75, 3.05) is 38.9 Å². The van der Waals surface area contributed by atoms with Crippen LogP contribution >= 0.6 is 11.6 Å². The molecule has 362 valence electrons. The molecule has 1 saturated carbocycles. The van der Waals surface area contributed by atoms with Gasteiger partial charge >= 0.3 is 12.2 Å². The van der Waals surface area contributed by atoms with Crippen LogP contribution in [0, 0.1) is 17.8 Å². The SMILES string of the molecule is C=CCO[C@@]12Oc3ccc(OC(=O)NCc4ccccc4)cc3[C@H]3[C@H](CCCCO)[C@@H](CCCCO)C=C(C(=NOC4CCCCO4)C[C@@H]1N(Cc1cccc4ccccc14)C(=O)OCCCl)[C@H]32. The highest BCUT2D eigenvalue weighted by Crippen LogP contribution is 2.62. The Balaban J connectivity index is 1.31. The number of unbranched alkanes of at least 4 members (excludes halogenated alkanes) is 2. The predicted octanol–water partition coefficient (Wildman–Crippen LogP) is 10.2. The van der Waals surface area contributed by atoms with E-state index in [9.17, 15) is 19.8 Å². The Morgan fingerprint density at radius 3 is 2.53 bits per heavy atom. The van der Waals surface area contributed by atoms with Crippen molar-refractivity contribution in [1.82, 2.24) is 10.2 Å². The second kappa shape index (κ2) is 23.7. The van der Waals surface area contributed by atoms with Gasteiger partial charge in [0.15, 0.2) is 0 Å². The molecule has 0 spiro atoms. The number of benzene rings is 4. The third kappa shape index (κ3) is 11.2. The molecule has 68 heavy (non-hydrogen) atoms. The Hall–Kier alpha value is -5.44. The molecule has 2 aliphatic carbocycles. The van der Waals surface area contributed by atoms with Gasteiger partial charge in [0.2, 0.25) is 12.1 Å². The van der Waals surface area contributed by atoms with Gasteiger partial charge in [-0.25, -0.2) is 9.59 Å². The van der Waals surface area contributed by atoms with Crippen LogP contribution in [-0.4, -0.2) is 90.0 Å². The molecule has 4 aliphatic rings. The lowest BCUT2D eigenvalue weighted by molar-refractivity contribution is -0.256. The zero-order chi connectivity index (χ0) is 47.3. The number of hydrogen-bond donors (Lipinski definition) is 3. The number of carbonyl (C=O) groups excluding carboxylic acids is 2. The summed E-state index contributed by atoms with van der Waals surface area (Å²) >= 11 is 6.18. The molecule has 2 fully saturated rings. The van der Waals surface area contributed by atoms with Crippen LogP contribution in [-0.2, 0) is 32.1 Å². The second-order valence-electron chi connectivity index (χ2n) is 18.0. The van der Waals surface area contributed by atoms with E-state index in [1.807, 2.05) is 84.9 Å². The van der Waals surface area contributed by atoms with Crippen molar-refractivity contribution in [2.24, 2.45) is 22.9 Å². The third-order valence-electron chi connectivity index (χ3n) is 13.7. The van der Waals surface area contributed by atoms with Crippen molar-refractivity contribution in [3.63, 3.8) is 0 Å². The van der Waals surface area contributed by atoms with Crippen LogP contribution in [0.25, 0.3) is 10.8 Å². The lowest BCUT2D eigenvalue weighted by atomic mass is 9.55. The maximum Gasteiger partial charge on any atom is 0.412 e. The van der Waals surface area contributed by atoms with Crippen molar-refractivity contribution in [3.8, 4) is 11.5 Å². The number of aliphatic hydroxyl groups is 2. The van der Waals surface area contributed by atoms with Gasteiger partial charge in [-0.05, 0) is 96.0 Å². The molecule has 0 radical (unpaired) electrons. The first-order valence-corrected chi connectivity index (χ1v) is 24.7. The molecule has 4 aromatic carbocycles. The first-order valence-electron chi connectivity index (χ1n) is 24.2. The largest absolute Gasteiger partial charge is 0.459 e. The molecular weight excluding hydrogens is 886 g/mol. The number of allylic oxidation sites excluding steroid dienone is 1. The van der Waals surface area contributed by atoms with Gasteiger partial charge in [0.05, 0.1) is 37.3 Å². The highest BCUT2D eigenvalue weighted by molar-refractivity contribution is 6.18. The summed E-state index contributed by atoms with van der Waals surface area (Å²) in [5, 5.41) is 29.9. The van der Waals surface area contributed by atoms with Crippen LogP contribution in [0.4, 0.5) is 9.59 Å². The number of aliphatic hydroxyl groups excluding tert-OH is 2. The van der Waals surface area contributed by atoms with Crippen LogP contribution in [0.2, 0.25) is 0 Å². The summed E-state index contributed by atoms with van der Waals surface area (Å²) in [5.41, 5.74) is 4.14. The minimum atomic E-state index is -1.55. The fraction of sp³-hybridized carbons (Fsp3) is 0.463. The molecule has 1 saturated heterocycles. The number of nitrogens with zero attached hydrogens (tertiary/aromatic N) is 2. The van der Waals surface area contributed by atoms with Crippen molar-refractivity contribution in [2.45, 2.75) is 101 Å². The monoisotopic (exact) mass is 949 g/mol. The van der Waals surface area contributed by atoms with E-state index >= 15 is 0 Å². The summed E-state index contributed by atoms with van der Waals surface area (Å²) in [4.78, 5) is 36.3. The summed E-state index contributed by atoms with van der Waals surface area (Å²) in [6.45, 7) is 5.23. The van der Waals surface area contributed by atoms with E-state index in [2.05, 4.69) is 18.0 Å². The molecule has 3 N–H and O–H groups in total. The predicted molar refractivity (Wildman–Crippen MR) is 260 cm³/mol. The topological polar surface area (TPSA) is 158 Å². The number of hydrogen-bond acceptors (Lipinski definition) is 11. The Kier molecular flexibility index (Phi) is 17.1. The summed E-state index contributed by atoms with van der Waals surface area (Å²) in [6, 6.07) is 28.3. The quantitative estimate of drug-likeness (QED) is 0.0318. The summed E-state index contributed by atoms with van der Waals surface area (Å²) < 4.78 is 32.6. The van der Waals surface area contributed by atoms with Crippen molar-refractivity contribution in [3.05, 3.63) is 132 Å². The van der Waals surface area contributed by atoms with Gasteiger partial charge in [0.1, 0.15) is 24.1 Å². The zero-order valence-electron chi connectivity index (χ0n) is 38.6. The van der Waals surface area contributed by atoms with Crippen LogP contribution in [0.5, 0.6) is 11.5 Å². The third-order valence-corrected chi connectivity index (χ3v) is 13.8. The molecule has 0 aromatic heterocycles. The molecule has 8 rings (SSSR count). The standard InChI is InChI=1S/C54H64ClN3O10/c1-2-29-65-54-48(58(53(62)64-31-26-55)36-40-20-14-19-38-17-6-7-21-42(38)40)34-46(57-68-49-23-10-13-30-63-49)44-32-39(18-8-11-27-59)43(22-9-12-28-60)50(51(44)54)45-33-41(24-25-47(45)67-54)66-52(61)56-35-37-15-4-3-5-16-37/h2-7,14-17,19-21,24-25,32-33,39,43,48-51,59-60H,1,8-13,18,22-23,26-31,34-36H2,(H,56,61)/t39-,43+,48-,49?,50+,51+,54+/m0/s1. The molecule has 2 aliphatic heterocycles. The number of rotatable bonds is 21. The normalized spacial score (nSPS) is 24.5. The van der Waals surface area contributed by atoms with Gasteiger partial charge < -0.3 is 44.1 Å². The smallest absolute Gasteiger partial charge is 0.412 e. The number of halogens is 1. The molecule has 2 heterocycles. The molecule has 1 unspecified atom stereocenters. The van der Waals surface area contributed by atoms with Crippen molar-refractivity contribution < 1.29 is 48.3 Å². The van der Waals surface area contributed by atoms with Gasteiger partial charge in [-0.2, -0.15) is 0 Å². The average Bonchev–Trinajstić information content (AvgIpc) is 3.37. The molecule has 2 amide bonds. The number of oxime groups is 1. The number of amides is 2. The molecule has 13 nitrogen and oxygen atoms in total. The van der Waals surface area contributed by atoms with E-state index in [0.717, 1.165) is 71.6 Å². The van der Waals surface area contributed by atoms with Crippen molar-refractivity contribution >= 4 is 40.3 Å². The minimum Gasteiger partial charge on any atom is -0.459 e. The molecular formula is C54H64ClN3O10. The summed E-state index contributed by atoms with van der Waals surface area (Å²) in [7, 11) is 0. The van der Waals surface area contributed by atoms with E-state index in [1.165, 1.54) is 0 Å². The first kappa shape index (κ1) is 49.0. The maximum absolute atomic E-state index is 14.9. The van der Waals surface area contributed by atoms with Gasteiger partial charge in [-0.1, -0.05) is 103 Å². The summed E-state index contributed by atoms with van der Waals surface area (Å²) in [5.74, 6) is -1.61. The number of fused-ring (bicyclic) bond motifs is 3. The summed E-state index contributed by atoms with van der Waals surface area (Å²) in [6.07, 6.45) is 9.23. The van der Waals surface area contributed by atoms with E-state index in [0.29, 0.717) is 43.1 Å². The Morgan fingerprint density at radius 2 is 1.75 bits per heavy atom. The van der Waals surface area contributed by atoms with Crippen LogP contribution in [0.3, 0.4) is 0 Å². The molecule has 0 bridgehead atoms. The molecule has 7 atom stereocenters. The lowest BCUT2D eigenvalue weighted by Gasteiger charge is -2.60. The van der Waals surface area contributed by atoms with E-state index in [4.69, 9.17) is 45.3 Å². The maximum atomic E-state index is 14.9. The van der Waals surface area contributed by atoms with Gasteiger partial charge in [0.25, 0.3) is 0 Å². The van der Waals surface area contributed by atoms with E-state index < -0.39 is 36.2 Å². The number of nitrogens with one attached hydrogen (secondary N) is 1.